The van der Waals surface area contributed by atoms with Crippen molar-refractivity contribution in [3.05, 3.63) is 52.1 Å². The number of nitrogens with one attached hydrogen (secondary N) is 3. The molecule has 3 amide bonds. The fourth-order valence-electron chi connectivity index (χ4n) is 4.44. The first-order chi connectivity index (χ1) is 16.8. The summed E-state index contributed by atoms with van der Waals surface area (Å²) in [5, 5.41) is 5.60. The third kappa shape index (κ3) is 5.28. The molecule has 0 spiro atoms. The Morgan fingerprint density at radius 2 is 2.03 bits per heavy atom. The first-order valence-electron chi connectivity index (χ1n) is 11.5. The quantitative estimate of drug-likeness (QED) is 0.507. The number of hydrogen-bond donors (Lipinski definition) is 3. The maximum Gasteiger partial charge on any atom is 0.256 e. The molecule has 3 N–H and O–H groups in total. The highest BCUT2D eigenvalue weighted by Crippen LogP contribution is 2.34. The molecule has 2 aromatic rings. The number of nitrogens with zero attached hydrogens (tertiary/aromatic N) is 1. The zero-order chi connectivity index (χ0) is 25.1. The number of thioether (sulfide) groups is 1. The Kier molecular flexibility index (Phi) is 7.61. The number of carbonyl (C=O) groups excluding carboxylic acids is 3. The Hall–Kier alpha value is -3.11. The smallest absolute Gasteiger partial charge is 0.256 e. The summed E-state index contributed by atoms with van der Waals surface area (Å²) in [5.41, 5.74) is 3.76. The molecule has 0 bridgehead atoms. The summed E-state index contributed by atoms with van der Waals surface area (Å²) in [5.74, 6) is 0.761. The van der Waals surface area contributed by atoms with E-state index < -0.39 is 11.9 Å². The molecule has 8 nitrogen and oxygen atoms in total. The summed E-state index contributed by atoms with van der Waals surface area (Å²) in [4.78, 5) is 43.1. The number of H-pyrrole nitrogens is 1. The Bertz CT molecular complexity index is 1190. The number of aromatic amines is 1. The van der Waals surface area contributed by atoms with E-state index >= 15 is 0 Å². The highest BCUT2D eigenvalue weighted by atomic mass is 32.2. The van der Waals surface area contributed by atoms with E-state index in [9.17, 15) is 18.8 Å². The summed E-state index contributed by atoms with van der Waals surface area (Å²) in [7, 11) is 1.51. The molecule has 1 atom stereocenters. The predicted octanol–water partition coefficient (Wildman–Crippen LogP) is 2.97. The van der Waals surface area contributed by atoms with Crippen LogP contribution < -0.4 is 10.6 Å². The van der Waals surface area contributed by atoms with Gasteiger partial charge in [0.1, 0.15) is 11.9 Å². The standard InChI is InChI=1S/C25H29FN4O4S/c1-14-20(13-18-17-12-16(26)4-5-19(17)29-23(18)31)28-15(2)22(14)24(32)27-7-6-21(34-3)25(33)30-8-10-35-11-9-30/h4-5,12-13,21,28H,6-11H2,1-3H3,(H,27,32)(H,29,31)/b18-13-/t21-/m0/s1. The van der Waals surface area contributed by atoms with Gasteiger partial charge in [0.15, 0.2) is 0 Å². The summed E-state index contributed by atoms with van der Waals surface area (Å²) >= 11 is 1.83. The Labute approximate surface area is 207 Å². The molecule has 0 saturated carbocycles. The third-order valence-corrected chi connectivity index (χ3v) is 7.27. The fraction of sp³-hybridized carbons (Fsp3) is 0.400. The van der Waals surface area contributed by atoms with Gasteiger partial charge in [-0.3, -0.25) is 14.4 Å². The van der Waals surface area contributed by atoms with Crippen LogP contribution in [0.5, 0.6) is 0 Å². The van der Waals surface area contributed by atoms with Gasteiger partial charge >= 0.3 is 0 Å². The van der Waals surface area contributed by atoms with E-state index in [1.54, 1.807) is 19.9 Å². The molecule has 2 aliphatic rings. The highest BCUT2D eigenvalue weighted by molar-refractivity contribution is 7.99. The number of hydrogen-bond acceptors (Lipinski definition) is 5. The Balaban J connectivity index is 1.44. The minimum Gasteiger partial charge on any atom is -0.372 e. The summed E-state index contributed by atoms with van der Waals surface area (Å²) in [6.07, 6.45) is 1.40. The first kappa shape index (κ1) is 25.0. The number of fused-ring (bicyclic) bond motifs is 1. The topological polar surface area (TPSA) is 104 Å². The van der Waals surface area contributed by atoms with Crippen molar-refractivity contribution in [3.63, 3.8) is 0 Å². The molecule has 1 fully saturated rings. The van der Waals surface area contributed by atoms with E-state index in [0.29, 0.717) is 58.8 Å². The number of ether oxygens (including phenoxy) is 1. The average Bonchev–Trinajstić information content (AvgIpc) is 3.31. The van der Waals surface area contributed by atoms with Crippen molar-refractivity contribution >= 4 is 46.8 Å². The van der Waals surface area contributed by atoms with Crippen molar-refractivity contribution in [2.45, 2.75) is 26.4 Å². The van der Waals surface area contributed by atoms with E-state index in [1.165, 1.54) is 25.3 Å². The van der Waals surface area contributed by atoms with Crippen LogP contribution in [0.25, 0.3) is 11.6 Å². The molecule has 1 aromatic carbocycles. The number of aromatic nitrogens is 1. The van der Waals surface area contributed by atoms with Crippen molar-refractivity contribution in [1.82, 2.24) is 15.2 Å². The van der Waals surface area contributed by atoms with Crippen molar-refractivity contribution in [2.75, 3.05) is 43.6 Å². The van der Waals surface area contributed by atoms with Crippen LogP contribution in [0.1, 0.15) is 39.3 Å². The van der Waals surface area contributed by atoms with Crippen molar-refractivity contribution < 1.29 is 23.5 Å². The van der Waals surface area contributed by atoms with Gasteiger partial charge < -0.3 is 25.3 Å². The molecular weight excluding hydrogens is 471 g/mol. The van der Waals surface area contributed by atoms with Gasteiger partial charge in [-0.15, -0.1) is 0 Å². The van der Waals surface area contributed by atoms with E-state index in [1.807, 2.05) is 16.7 Å². The van der Waals surface area contributed by atoms with Crippen LogP contribution in [0.2, 0.25) is 0 Å². The molecule has 0 unspecified atom stereocenters. The summed E-state index contributed by atoms with van der Waals surface area (Å²) < 4.78 is 19.1. The van der Waals surface area contributed by atoms with Gasteiger partial charge in [-0.05, 0) is 50.1 Å². The molecular formula is C25H29FN4O4S. The van der Waals surface area contributed by atoms with Gasteiger partial charge in [-0.25, -0.2) is 4.39 Å². The maximum atomic E-state index is 13.8. The van der Waals surface area contributed by atoms with Crippen LogP contribution in [-0.4, -0.2) is 72.0 Å². The van der Waals surface area contributed by atoms with Gasteiger partial charge in [0.05, 0.1) is 11.1 Å². The molecule has 10 heteroatoms. The summed E-state index contributed by atoms with van der Waals surface area (Å²) in [6, 6.07) is 4.13. The van der Waals surface area contributed by atoms with Crippen LogP contribution in [0, 0.1) is 19.7 Å². The lowest BCUT2D eigenvalue weighted by Gasteiger charge is -2.29. The lowest BCUT2D eigenvalue weighted by Crippen LogP contribution is -2.45. The van der Waals surface area contributed by atoms with E-state index in [4.69, 9.17) is 4.74 Å². The average molecular weight is 501 g/mol. The second-order valence-corrected chi connectivity index (χ2v) is 9.80. The molecule has 35 heavy (non-hydrogen) atoms. The molecule has 186 valence electrons. The zero-order valence-corrected chi connectivity index (χ0v) is 20.8. The minimum absolute atomic E-state index is 0.0449. The number of benzene rings is 1. The van der Waals surface area contributed by atoms with Gasteiger partial charge in [-0.2, -0.15) is 11.8 Å². The molecule has 1 saturated heterocycles. The molecule has 2 aliphatic heterocycles. The second-order valence-electron chi connectivity index (χ2n) is 8.57. The van der Waals surface area contributed by atoms with Crippen LogP contribution >= 0.6 is 11.8 Å². The maximum absolute atomic E-state index is 13.8. The van der Waals surface area contributed by atoms with Crippen molar-refractivity contribution in [2.24, 2.45) is 0 Å². The van der Waals surface area contributed by atoms with Gasteiger partial charge in [0.25, 0.3) is 17.7 Å². The number of anilines is 1. The molecule has 0 radical (unpaired) electrons. The van der Waals surface area contributed by atoms with Crippen LogP contribution in [0.15, 0.2) is 18.2 Å². The van der Waals surface area contributed by atoms with Gasteiger partial charge in [-0.1, -0.05) is 0 Å². The third-order valence-electron chi connectivity index (χ3n) is 6.33. The molecule has 4 rings (SSSR count). The molecule has 1 aromatic heterocycles. The largest absolute Gasteiger partial charge is 0.372 e. The number of carbonyl (C=O) groups is 3. The second kappa shape index (κ2) is 10.7. The van der Waals surface area contributed by atoms with E-state index in [2.05, 4.69) is 15.6 Å². The molecule has 3 heterocycles. The highest BCUT2D eigenvalue weighted by Gasteiger charge is 2.27. The van der Waals surface area contributed by atoms with Crippen LogP contribution in [0.4, 0.5) is 10.1 Å². The van der Waals surface area contributed by atoms with Crippen molar-refractivity contribution in [3.8, 4) is 0 Å². The lowest BCUT2D eigenvalue weighted by atomic mass is 10.0. The van der Waals surface area contributed by atoms with Crippen LogP contribution in [-0.2, 0) is 14.3 Å². The lowest BCUT2D eigenvalue weighted by molar-refractivity contribution is -0.141. The number of aryl methyl sites for hydroxylation is 1. The minimum atomic E-state index is -0.603. The summed E-state index contributed by atoms with van der Waals surface area (Å²) in [6.45, 7) is 5.28. The van der Waals surface area contributed by atoms with E-state index in [0.717, 1.165) is 11.5 Å². The molecule has 0 aliphatic carbocycles. The number of rotatable bonds is 7. The van der Waals surface area contributed by atoms with E-state index in [-0.39, 0.29) is 24.3 Å². The van der Waals surface area contributed by atoms with Gasteiger partial charge in [0, 0.05) is 60.9 Å². The number of methoxy groups -OCH3 is 1. The first-order valence-corrected chi connectivity index (χ1v) is 12.6. The number of halogens is 1. The fourth-order valence-corrected chi connectivity index (χ4v) is 5.34. The van der Waals surface area contributed by atoms with Crippen LogP contribution in [0.3, 0.4) is 0 Å². The van der Waals surface area contributed by atoms with Gasteiger partial charge in [0.2, 0.25) is 0 Å². The Morgan fingerprint density at radius 1 is 1.29 bits per heavy atom. The Morgan fingerprint density at radius 3 is 2.74 bits per heavy atom. The SMILES string of the molecule is CO[C@@H](CCNC(=O)c1c(C)[nH]c(/C=C2\C(=O)Nc3ccc(F)cc32)c1C)C(=O)N1CCSCC1. The monoisotopic (exact) mass is 500 g/mol. The zero-order valence-electron chi connectivity index (χ0n) is 20.0. The normalized spacial score (nSPS) is 17.3. The number of amides is 3. The predicted molar refractivity (Wildman–Crippen MR) is 135 cm³/mol. The van der Waals surface area contributed by atoms with Crippen molar-refractivity contribution in [1.29, 1.82) is 0 Å².